The van der Waals surface area contributed by atoms with Crippen molar-refractivity contribution in [3.63, 3.8) is 0 Å². The number of hydrogen-bond donors (Lipinski definition) is 1. The number of amides is 1. The van der Waals surface area contributed by atoms with Crippen LogP contribution in [-0.4, -0.2) is 31.9 Å². The van der Waals surface area contributed by atoms with Crippen molar-refractivity contribution in [1.82, 2.24) is 20.2 Å². The maximum Gasteiger partial charge on any atom is 0.225 e. The van der Waals surface area contributed by atoms with Gasteiger partial charge in [0.1, 0.15) is 5.82 Å². The number of halogens is 1. The highest BCUT2D eigenvalue weighted by molar-refractivity contribution is 7.99. The van der Waals surface area contributed by atoms with Crippen molar-refractivity contribution < 1.29 is 9.18 Å². The molecule has 0 aliphatic carbocycles. The van der Waals surface area contributed by atoms with Crippen molar-refractivity contribution >= 4 is 23.4 Å². The van der Waals surface area contributed by atoms with Gasteiger partial charge in [0, 0.05) is 17.9 Å². The first-order chi connectivity index (χ1) is 11.7. The number of para-hydroxylation sites is 1. The fourth-order valence-electron chi connectivity index (χ4n) is 1.99. The lowest BCUT2D eigenvalue weighted by molar-refractivity contribution is -0.115. The van der Waals surface area contributed by atoms with Crippen LogP contribution in [0.25, 0.3) is 5.69 Å². The number of benzene rings is 2. The van der Waals surface area contributed by atoms with E-state index in [9.17, 15) is 9.18 Å². The molecule has 6 nitrogen and oxygen atoms in total. The third-order valence-electron chi connectivity index (χ3n) is 3.13. The minimum atomic E-state index is -0.337. The SMILES string of the molecule is O=C(CCSc1nnnn1-c1ccccc1)Nc1ccc(F)cc1. The standard InChI is InChI=1S/C16H14FN5OS/c17-12-6-8-13(9-7-12)18-15(23)10-11-24-16-19-20-21-22(16)14-4-2-1-3-5-14/h1-9H,10-11H2,(H,18,23). The lowest BCUT2D eigenvalue weighted by Crippen LogP contribution is -2.12. The summed E-state index contributed by atoms with van der Waals surface area (Å²) in [5, 5.41) is 15.0. The number of hydrogen-bond acceptors (Lipinski definition) is 5. The zero-order chi connectivity index (χ0) is 16.8. The predicted octanol–water partition coefficient (Wildman–Crippen LogP) is 2.92. The van der Waals surface area contributed by atoms with Gasteiger partial charge in [0.05, 0.1) is 5.69 Å². The Labute approximate surface area is 142 Å². The highest BCUT2D eigenvalue weighted by Gasteiger charge is 2.10. The van der Waals surface area contributed by atoms with Gasteiger partial charge in [-0.15, -0.1) is 5.10 Å². The van der Waals surface area contributed by atoms with Crippen molar-refractivity contribution in [2.75, 3.05) is 11.1 Å². The van der Waals surface area contributed by atoms with E-state index in [0.717, 1.165) is 5.69 Å². The summed E-state index contributed by atoms with van der Waals surface area (Å²) in [6.45, 7) is 0. The van der Waals surface area contributed by atoms with E-state index in [-0.39, 0.29) is 11.7 Å². The van der Waals surface area contributed by atoms with E-state index in [4.69, 9.17) is 0 Å². The number of carbonyl (C=O) groups is 1. The molecule has 0 aliphatic rings. The molecule has 1 heterocycles. The summed E-state index contributed by atoms with van der Waals surface area (Å²) in [5.41, 5.74) is 1.43. The summed E-state index contributed by atoms with van der Waals surface area (Å²) < 4.78 is 14.5. The van der Waals surface area contributed by atoms with E-state index in [1.54, 1.807) is 4.68 Å². The number of carbonyl (C=O) groups excluding carboxylic acids is 1. The lowest BCUT2D eigenvalue weighted by atomic mass is 10.3. The van der Waals surface area contributed by atoms with Gasteiger partial charge in [-0.1, -0.05) is 30.0 Å². The molecule has 0 radical (unpaired) electrons. The molecule has 24 heavy (non-hydrogen) atoms. The van der Waals surface area contributed by atoms with Crippen LogP contribution in [0.5, 0.6) is 0 Å². The van der Waals surface area contributed by atoms with Crippen molar-refractivity contribution in [1.29, 1.82) is 0 Å². The topological polar surface area (TPSA) is 72.7 Å². The van der Waals surface area contributed by atoms with Gasteiger partial charge in [-0.25, -0.2) is 4.39 Å². The Morgan fingerprint density at radius 1 is 1.12 bits per heavy atom. The second-order valence-electron chi connectivity index (χ2n) is 4.86. The summed E-state index contributed by atoms with van der Waals surface area (Å²) in [4.78, 5) is 11.9. The molecule has 1 aromatic heterocycles. The smallest absolute Gasteiger partial charge is 0.225 e. The molecule has 3 rings (SSSR count). The zero-order valence-corrected chi connectivity index (χ0v) is 13.4. The average Bonchev–Trinajstić information content (AvgIpc) is 3.06. The van der Waals surface area contributed by atoms with Crippen LogP contribution >= 0.6 is 11.8 Å². The second-order valence-corrected chi connectivity index (χ2v) is 5.92. The maximum atomic E-state index is 12.8. The van der Waals surface area contributed by atoms with E-state index < -0.39 is 0 Å². The molecule has 3 aromatic rings. The van der Waals surface area contributed by atoms with Gasteiger partial charge in [0.25, 0.3) is 0 Å². The zero-order valence-electron chi connectivity index (χ0n) is 12.6. The number of aromatic nitrogens is 4. The molecule has 0 unspecified atom stereocenters. The Hall–Kier alpha value is -2.74. The predicted molar refractivity (Wildman–Crippen MR) is 89.5 cm³/mol. The van der Waals surface area contributed by atoms with Gasteiger partial charge < -0.3 is 5.32 Å². The van der Waals surface area contributed by atoms with E-state index in [1.165, 1.54) is 36.0 Å². The van der Waals surface area contributed by atoms with Crippen LogP contribution in [0.15, 0.2) is 59.8 Å². The Kier molecular flexibility index (Phi) is 5.17. The summed E-state index contributed by atoms with van der Waals surface area (Å²) in [5.74, 6) is 0.0457. The fourth-order valence-corrected chi connectivity index (χ4v) is 2.82. The van der Waals surface area contributed by atoms with Crippen LogP contribution in [0.3, 0.4) is 0 Å². The molecular weight excluding hydrogens is 329 g/mol. The first kappa shape index (κ1) is 16.1. The highest BCUT2D eigenvalue weighted by Crippen LogP contribution is 2.19. The normalized spacial score (nSPS) is 10.5. The number of anilines is 1. The molecule has 2 aromatic carbocycles. The largest absolute Gasteiger partial charge is 0.326 e. The lowest BCUT2D eigenvalue weighted by Gasteiger charge is -2.05. The van der Waals surface area contributed by atoms with Crippen LogP contribution in [0.1, 0.15) is 6.42 Å². The molecule has 0 saturated heterocycles. The molecule has 0 spiro atoms. The fraction of sp³-hybridized carbons (Fsp3) is 0.125. The number of tetrazole rings is 1. The first-order valence-corrected chi connectivity index (χ1v) is 8.23. The van der Waals surface area contributed by atoms with Gasteiger partial charge in [-0.05, 0) is 46.8 Å². The summed E-state index contributed by atoms with van der Waals surface area (Å²) in [6.07, 6.45) is 0.295. The minimum Gasteiger partial charge on any atom is -0.326 e. The molecule has 0 bridgehead atoms. The molecular formula is C16H14FN5OS. The molecule has 1 amide bonds. The van der Waals surface area contributed by atoms with Gasteiger partial charge >= 0.3 is 0 Å². The van der Waals surface area contributed by atoms with E-state index >= 15 is 0 Å². The monoisotopic (exact) mass is 343 g/mol. The first-order valence-electron chi connectivity index (χ1n) is 7.24. The third kappa shape index (κ3) is 4.17. The average molecular weight is 343 g/mol. The van der Waals surface area contributed by atoms with Gasteiger partial charge in [-0.3, -0.25) is 4.79 Å². The Morgan fingerprint density at radius 2 is 1.88 bits per heavy atom. The Balaban J connectivity index is 1.53. The van der Waals surface area contributed by atoms with E-state index in [2.05, 4.69) is 20.8 Å². The van der Waals surface area contributed by atoms with Gasteiger partial charge in [-0.2, -0.15) is 4.68 Å². The quantitative estimate of drug-likeness (QED) is 0.697. The number of nitrogens with one attached hydrogen (secondary N) is 1. The Bertz CT molecular complexity index is 807. The van der Waals surface area contributed by atoms with Crippen molar-refractivity contribution in [3.8, 4) is 5.69 Å². The number of thioether (sulfide) groups is 1. The van der Waals surface area contributed by atoms with Crippen molar-refractivity contribution in [2.24, 2.45) is 0 Å². The molecule has 0 saturated carbocycles. The van der Waals surface area contributed by atoms with Gasteiger partial charge in [0.15, 0.2) is 0 Å². The van der Waals surface area contributed by atoms with Crippen LogP contribution in [-0.2, 0) is 4.79 Å². The van der Waals surface area contributed by atoms with Crippen LogP contribution in [0.2, 0.25) is 0 Å². The second kappa shape index (κ2) is 7.69. The number of nitrogens with zero attached hydrogens (tertiary/aromatic N) is 4. The Morgan fingerprint density at radius 3 is 2.62 bits per heavy atom. The molecule has 8 heteroatoms. The summed E-state index contributed by atoms with van der Waals surface area (Å²) >= 11 is 1.40. The minimum absolute atomic E-state index is 0.146. The summed E-state index contributed by atoms with van der Waals surface area (Å²) in [6, 6.07) is 15.2. The van der Waals surface area contributed by atoms with E-state index in [1.807, 2.05) is 30.3 Å². The molecule has 0 aliphatic heterocycles. The van der Waals surface area contributed by atoms with E-state index in [0.29, 0.717) is 23.0 Å². The summed E-state index contributed by atoms with van der Waals surface area (Å²) in [7, 11) is 0. The van der Waals surface area contributed by atoms with Crippen LogP contribution in [0.4, 0.5) is 10.1 Å². The van der Waals surface area contributed by atoms with Crippen molar-refractivity contribution in [2.45, 2.75) is 11.6 Å². The molecule has 122 valence electrons. The molecule has 0 fully saturated rings. The van der Waals surface area contributed by atoms with Crippen molar-refractivity contribution in [3.05, 3.63) is 60.4 Å². The molecule has 0 atom stereocenters. The van der Waals surface area contributed by atoms with Crippen LogP contribution in [0, 0.1) is 5.82 Å². The highest BCUT2D eigenvalue weighted by atomic mass is 32.2. The van der Waals surface area contributed by atoms with Crippen LogP contribution < -0.4 is 5.32 Å². The molecule has 1 N–H and O–H groups in total. The third-order valence-corrected chi connectivity index (χ3v) is 4.05. The number of rotatable bonds is 6. The van der Waals surface area contributed by atoms with Gasteiger partial charge in [0.2, 0.25) is 11.1 Å². The maximum absolute atomic E-state index is 12.8.